The van der Waals surface area contributed by atoms with Crippen molar-refractivity contribution < 1.29 is 14.6 Å². The Hall–Kier alpha value is -3.46. The number of methoxy groups -OCH3 is 1. The number of benzene rings is 1. The first kappa shape index (κ1) is 17.9. The topological polar surface area (TPSA) is 122 Å². The Balaban J connectivity index is 1.85. The van der Waals surface area contributed by atoms with Crippen molar-refractivity contribution in [3.63, 3.8) is 0 Å². The number of aromatic amines is 1. The molecule has 0 bridgehead atoms. The van der Waals surface area contributed by atoms with E-state index in [-0.39, 0.29) is 30.4 Å². The lowest BCUT2D eigenvalue weighted by molar-refractivity contribution is -0.116. The minimum absolute atomic E-state index is 0.149. The van der Waals surface area contributed by atoms with Gasteiger partial charge in [0.25, 0.3) is 5.56 Å². The number of ether oxygens (including phenoxy) is 1. The Morgan fingerprint density at radius 2 is 2.11 bits per heavy atom. The maximum Gasteiger partial charge on any atom is 0.264 e. The lowest BCUT2D eigenvalue weighted by Crippen LogP contribution is -2.25. The van der Waals surface area contributed by atoms with E-state index in [4.69, 9.17) is 4.74 Å². The van der Waals surface area contributed by atoms with Crippen molar-refractivity contribution in [2.45, 2.75) is 25.9 Å². The summed E-state index contributed by atoms with van der Waals surface area (Å²) in [6.07, 6.45) is 0.260. The van der Waals surface area contributed by atoms with Gasteiger partial charge in [-0.25, -0.2) is 5.10 Å². The van der Waals surface area contributed by atoms with Gasteiger partial charge in [-0.1, -0.05) is 6.07 Å². The van der Waals surface area contributed by atoms with Gasteiger partial charge in [0.15, 0.2) is 5.82 Å². The molecule has 0 radical (unpaired) electrons. The highest BCUT2D eigenvalue weighted by Crippen LogP contribution is 2.40. The molecule has 3 aromatic rings. The fourth-order valence-corrected chi connectivity index (χ4v) is 3.59. The maximum atomic E-state index is 12.4. The van der Waals surface area contributed by atoms with Crippen LogP contribution in [0.1, 0.15) is 34.7 Å². The van der Waals surface area contributed by atoms with Crippen LogP contribution in [-0.4, -0.2) is 38.1 Å². The standard InChI is InChI=1S/C19H19N5O4/c1-10-18-13(11-3-4-14(28-2)12(7-11)9-25)8-17(27)20-19(18)24(23-10)15-5-6-16(26)22-21-15/h3-7,13,25H,8-9H2,1-2H3,(H,20,27)(H,22,26)/t13-/m0/s1. The van der Waals surface area contributed by atoms with Crippen LogP contribution in [0.2, 0.25) is 0 Å². The molecule has 1 aliphatic heterocycles. The number of nitrogens with zero attached hydrogens (tertiary/aromatic N) is 3. The summed E-state index contributed by atoms with van der Waals surface area (Å²) in [6.45, 7) is 1.70. The number of aliphatic hydroxyl groups excluding tert-OH is 1. The zero-order valence-electron chi connectivity index (χ0n) is 15.4. The molecular weight excluding hydrogens is 362 g/mol. The Kier molecular flexibility index (Phi) is 4.44. The highest BCUT2D eigenvalue weighted by molar-refractivity contribution is 5.95. The maximum absolute atomic E-state index is 12.4. The molecule has 0 unspecified atom stereocenters. The van der Waals surface area contributed by atoms with Gasteiger partial charge in [-0.2, -0.15) is 14.9 Å². The van der Waals surface area contributed by atoms with Crippen molar-refractivity contribution in [3.8, 4) is 11.6 Å². The van der Waals surface area contributed by atoms with Crippen LogP contribution in [0.15, 0.2) is 35.1 Å². The third kappa shape index (κ3) is 2.95. The van der Waals surface area contributed by atoms with E-state index in [2.05, 4.69) is 20.6 Å². The van der Waals surface area contributed by atoms with Gasteiger partial charge in [-0.15, -0.1) is 0 Å². The molecule has 0 saturated carbocycles. The molecule has 1 aliphatic rings. The molecule has 1 amide bonds. The number of carbonyl (C=O) groups is 1. The molecule has 0 fully saturated rings. The van der Waals surface area contributed by atoms with E-state index in [0.29, 0.717) is 22.9 Å². The smallest absolute Gasteiger partial charge is 0.264 e. The van der Waals surface area contributed by atoms with Crippen molar-refractivity contribution in [1.29, 1.82) is 0 Å². The molecule has 4 rings (SSSR count). The Morgan fingerprint density at radius 3 is 2.79 bits per heavy atom. The number of carbonyl (C=O) groups excluding carboxylic acids is 1. The summed E-state index contributed by atoms with van der Waals surface area (Å²) in [4.78, 5) is 23.7. The number of amides is 1. The van der Waals surface area contributed by atoms with E-state index in [1.54, 1.807) is 19.2 Å². The van der Waals surface area contributed by atoms with E-state index in [9.17, 15) is 14.7 Å². The monoisotopic (exact) mass is 381 g/mol. The van der Waals surface area contributed by atoms with Crippen molar-refractivity contribution in [1.82, 2.24) is 20.0 Å². The van der Waals surface area contributed by atoms with Gasteiger partial charge in [0.2, 0.25) is 5.91 Å². The summed E-state index contributed by atoms with van der Waals surface area (Å²) in [5, 5.41) is 23.4. The molecule has 0 aliphatic carbocycles. The van der Waals surface area contributed by atoms with Crippen molar-refractivity contribution >= 4 is 11.7 Å². The minimum Gasteiger partial charge on any atom is -0.496 e. The minimum atomic E-state index is -0.321. The molecule has 9 nitrogen and oxygen atoms in total. The molecule has 1 aromatic carbocycles. The van der Waals surface area contributed by atoms with Crippen LogP contribution in [0.3, 0.4) is 0 Å². The number of hydrogen-bond acceptors (Lipinski definition) is 6. The van der Waals surface area contributed by atoms with E-state index >= 15 is 0 Å². The number of hydrogen-bond donors (Lipinski definition) is 3. The lowest BCUT2D eigenvalue weighted by atomic mass is 9.85. The summed E-state index contributed by atoms with van der Waals surface area (Å²) < 4.78 is 6.79. The van der Waals surface area contributed by atoms with E-state index in [1.807, 2.05) is 19.1 Å². The quantitative estimate of drug-likeness (QED) is 0.625. The zero-order valence-corrected chi connectivity index (χ0v) is 15.4. The molecule has 2 aromatic heterocycles. The molecule has 0 saturated heterocycles. The highest BCUT2D eigenvalue weighted by atomic mass is 16.5. The van der Waals surface area contributed by atoms with Gasteiger partial charge in [0, 0.05) is 29.5 Å². The fourth-order valence-electron chi connectivity index (χ4n) is 3.59. The van der Waals surface area contributed by atoms with Crippen LogP contribution >= 0.6 is 0 Å². The first-order valence-corrected chi connectivity index (χ1v) is 8.75. The SMILES string of the molecule is COc1ccc([C@@H]2CC(=O)Nc3c2c(C)nn3-c2ccc(=O)[nH]n2)cc1CO. The summed E-state index contributed by atoms with van der Waals surface area (Å²) in [6, 6.07) is 8.42. The van der Waals surface area contributed by atoms with Gasteiger partial charge in [-0.05, 0) is 30.7 Å². The van der Waals surface area contributed by atoms with Crippen LogP contribution < -0.4 is 15.6 Å². The number of aryl methyl sites for hydroxylation is 1. The predicted octanol–water partition coefficient (Wildman–Crippen LogP) is 1.24. The zero-order chi connectivity index (χ0) is 19.8. The Labute approximate surface area is 160 Å². The van der Waals surface area contributed by atoms with Crippen LogP contribution in [-0.2, 0) is 11.4 Å². The van der Waals surface area contributed by atoms with E-state index < -0.39 is 0 Å². The number of fused-ring (bicyclic) bond motifs is 1. The first-order valence-electron chi connectivity index (χ1n) is 8.75. The summed E-state index contributed by atoms with van der Waals surface area (Å²) in [5.41, 5.74) is 2.84. The van der Waals surface area contributed by atoms with Gasteiger partial charge in [-0.3, -0.25) is 9.59 Å². The first-order chi connectivity index (χ1) is 13.5. The van der Waals surface area contributed by atoms with Crippen molar-refractivity contribution in [2.75, 3.05) is 12.4 Å². The van der Waals surface area contributed by atoms with Crippen LogP contribution in [0.4, 0.5) is 5.82 Å². The summed E-state index contributed by atoms with van der Waals surface area (Å²) >= 11 is 0. The van der Waals surface area contributed by atoms with Crippen LogP contribution in [0.5, 0.6) is 5.75 Å². The number of anilines is 1. The lowest BCUT2D eigenvalue weighted by Gasteiger charge is -2.25. The van der Waals surface area contributed by atoms with Crippen LogP contribution in [0, 0.1) is 6.92 Å². The highest BCUT2D eigenvalue weighted by Gasteiger charge is 2.33. The van der Waals surface area contributed by atoms with E-state index in [1.165, 1.54) is 10.7 Å². The summed E-state index contributed by atoms with van der Waals surface area (Å²) in [5.74, 6) is 1.15. The van der Waals surface area contributed by atoms with Crippen LogP contribution in [0.25, 0.3) is 5.82 Å². The summed E-state index contributed by atoms with van der Waals surface area (Å²) in [7, 11) is 1.55. The van der Waals surface area contributed by atoms with Crippen molar-refractivity contribution in [2.24, 2.45) is 0 Å². The molecule has 144 valence electrons. The van der Waals surface area contributed by atoms with Gasteiger partial charge in [0.1, 0.15) is 11.6 Å². The number of H-pyrrole nitrogens is 1. The second-order valence-electron chi connectivity index (χ2n) is 6.57. The predicted molar refractivity (Wildman–Crippen MR) is 101 cm³/mol. The average Bonchev–Trinajstić information content (AvgIpc) is 3.03. The number of aliphatic hydroxyl groups is 1. The molecule has 3 N–H and O–H groups in total. The van der Waals surface area contributed by atoms with Gasteiger partial charge in [0.05, 0.1) is 19.4 Å². The molecule has 9 heteroatoms. The molecule has 28 heavy (non-hydrogen) atoms. The Morgan fingerprint density at radius 1 is 1.29 bits per heavy atom. The van der Waals surface area contributed by atoms with Crippen molar-refractivity contribution in [3.05, 3.63) is 63.1 Å². The molecular formula is C19H19N5O4. The largest absolute Gasteiger partial charge is 0.496 e. The molecule has 1 atom stereocenters. The number of rotatable bonds is 4. The Bertz CT molecular complexity index is 1100. The second-order valence-corrected chi connectivity index (χ2v) is 6.57. The average molecular weight is 381 g/mol. The van der Waals surface area contributed by atoms with Gasteiger partial charge >= 0.3 is 0 Å². The third-order valence-electron chi connectivity index (χ3n) is 4.86. The van der Waals surface area contributed by atoms with Gasteiger partial charge < -0.3 is 15.2 Å². The normalized spacial score (nSPS) is 15.8. The molecule has 0 spiro atoms. The fraction of sp³-hybridized carbons (Fsp3) is 0.263. The van der Waals surface area contributed by atoms with E-state index in [0.717, 1.165) is 16.8 Å². The molecule has 3 heterocycles. The number of nitrogens with one attached hydrogen (secondary N) is 2. The number of aromatic nitrogens is 4. The second kappa shape index (κ2) is 6.93. The third-order valence-corrected chi connectivity index (χ3v) is 4.86.